The first-order valence-corrected chi connectivity index (χ1v) is 9.04. The van der Waals surface area contributed by atoms with Gasteiger partial charge >= 0.3 is 0 Å². The van der Waals surface area contributed by atoms with E-state index >= 15 is 0 Å². The molecule has 0 radical (unpaired) electrons. The average molecular weight is 497 g/mol. The Morgan fingerprint density at radius 2 is 2.04 bits per heavy atom. The predicted molar refractivity (Wildman–Crippen MR) is 104 cm³/mol. The second-order valence-corrected chi connectivity index (χ2v) is 7.00. The zero-order chi connectivity index (χ0) is 19.3. The summed E-state index contributed by atoms with van der Waals surface area (Å²) < 4.78 is 29.3. The van der Waals surface area contributed by atoms with Gasteiger partial charge in [0.2, 0.25) is 0 Å². The molecule has 5 nitrogen and oxygen atoms in total. The summed E-state index contributed by atoms with van der Waals surface area (Å²) in [6.07, 6.45) is 0.311. The summed E-state index contributed by atoms with van der Waals surface area (Å²) in [4.78, 5) is 17.2. The van der Waals surface area contributed by atoms with Gasteiger partial charge in [-0.2, -0.15) is 0 Å². The summed E-state index contributed by atoms with van der Waals surface area (Å²) in [5.74, 6) is -3.32. The molecule has 3 N–H and O–H groups in total. The number of amides is 1. The normalized spacial score (nSPS) is 10.7. The van der Waals surface area contributed by atoms with Gasteiger partial charge in [0.05, 0.1) is 22.9 Å². The predicted octanol–water partition coefficient (Wildman–Crippen LogP) is 4.32. The van der Waals surface area contributed by atoms with Crippen molar-refractivity contribution >= 4 is 51.5 Å². The van der Waals surface area contributed by atoms with Crippen LogP contribution in [0.25, 0.3) is 0 Å². The molecule has 2 aromatic carbocycles. The zero-order valence-electron chi connectivity index (χ0n) is 13.7. The molecule has 2 rings (SSSR count). The minimum absolute atomic E-state index is 0.0681. The third kappa shape index (κ3) is 5.03. The van der Waals surface area contributed by atoms with Crippen molar-refractivity contribution in [1.82, 2.24) is 5.48 Å². The summed E-state index contributed by atoms with van der Waals surface area (Å²) in [6.45, 7) is 1.76. The highest BCUT2D eigenvalue weighted by molar-refractivity contribution is 14.1. The number of rotatable bonds is 7. The first-order chi connectivity index (χ1) is 12.3. The van der Waals surface area contributed by atoms with Crippen LogP contribution in [0.5, 0.6) is 0 Å². The minimum Gasteiger partial charge on any atom is -0.396 e. The van der Waals surface area contributed by atoms with Gasteiger partial charge in [0, 0.05) is 15.9 Å². The molecular formula is C17H16ClF2IN2O3. The molecule has 9 heteroatoms. The topological polar surface area (TPSA) is 70.6 Å². The molecule has 2 aromatic rings. The molecule has 0 saturated carbocycles. The van der Waals surface area contributed by atoms with E-state index in [4.69, 9.17) is 21.5 Å². The van der Waals surface area contributed by atoms with E-state index in [1.165, 1.54) is 0 Å². The van der Waals surface area contributed by atoms with Crippen molar-refractivity contribution in [2.75, 3.05) is 18.5 Å². The van der Waals surface area contributed by atoms with Crippen LogP contribution in [0, 0.1) is 22.1 Å². The lowest BCUT2D eigenvalue weighted by Gasteiger charge is -2.16. The van der Waals surface area contributed by atoms with E-state index in [0.717, 1.165) is 15.2 Å². The molecule has 0 spiro atoms. The van der Waals surface area contributed by atoms with Crippen molar-refractivity contribution < 1.29 is 23.5 Å². The van der Waals surface area contributed by atoms with Crippen molar-refractivity contribution in [3.8, 4) is 0 Å². The smallest absolute Gasteiger partial charge is 0.277 e. The fourth-order valence-electron chi connectivity index (χ4n) is 2.11. The first-order valence-electron chi connectivity index (χ1n) is 7.58. The largest absolute Gasteiger partial charge is 0.396 e. The molecule has 0 aromatic heterocycles. The molecule has 140 valence electrons. The average Bonchev–Trinajstić information content (AvgIpc) is 2.60. The van der Waals surface area contributed by atoms with Crippen LogP contribution in [0.3, 0.4) is 0 Å². The molecule has 0 heterocycles. The van der Waals surface area contributed by atoms with Gasteiger partial charge in [0.15, 0.2) is 11.6 Å². The number of hydrogen-bond donors (Lipinski definition) is 3. The molecule has 0 bridgehead atoms. The Labute approximate surface area is 167 Å². The molecule has 0 aliphatic heterocycles. The van der Waals surface area contributed by atoms with Gasteiger partial charge in [0.1, 0.15) is 0 Å². The summed E-state index contributed by atoms with van der Waals surface area (Å²) in [5.41, 5.74) is 2.86. The number of nitrogens with one attached hydrogen (secondary N) is 2. The molecule has 0 aliphatic carbocycles. The monoisotopic (exact) mass is 496 g/mol. The summed E-state index contributed by atoms with van der Waals surface area (Å²) in [6, 6.07) is 6.36. The number of halogens is 4. The Kier molecular flexibility index (Phi) is 7.56. The van der Waals surface area contributed by atoms with Crippen LogP contribution in [0.15, 0.2) is 24.3 Å². The Balaban J connectivity index is 2.36. The lowest BCUT2D eigenvalue weighted by Crippen LogP contribution is -2.26. The first kappa shape index (κ1) is 20.8. The third-order valence-electron chi connectivity index (χ3n) is 3.42. The van der Waals surface area contributed by atoms with Crippen LogP contribution >= 0.6 is 34.2 Å². The number of aliphatic hydroxyl groups is 1. The number of hydroxylamine groups is 1. The van der Waals surface area contributed by atoms with Gasteiger partial charge in [-0.1, -0.05) is 11.6 Å². The van der Waals surface area contributed by atoms with Gasteiger partial charge in [-0.15, -0.1) is 0 Å². The van der Waals surface area contributed by atoms with Gasteiger partial charge in [0.25, 0.3) is 5.91 Å². The lowest BCUT2D eigenvalue weighted by atomic mass is 10.1. The molecular weight excluding hydrogens is 481 g/mol. The second kappa shape index (κ2) is 9.45. The number of aliphatic hydroxyl groups excluding tert-OH is 1. The Morgan fingerprint density at radius 3 is 2.69 bits per heavy atom. The number of carbonyl (C=O) groups excluding carboxylic acids is 1. The molecule has 0 unspecified atom stereocenters. The Bertz CT molecular complexity index is 821. The highest BCUT2D eigenvalue weighted by Gasteiger charge is 2.23. The SMILES string of the molecule is Cc1cc(I)ccc1Nc1c(C(=O)NOCCCO)cc(Cl)c(F)c1F. The molecule has 0 saturated heterocycles. The number of carbonyl (C=O) groups is 1. The van der Waals surface area contributed by atoms with Gasteiger partial charge in [-0.25, -0.2) is 14.3 Å². The fourth-order valence-corrected chi connectivity index (χ4v) is 2.95. The van der Waals surface area contributed by atoms with Crippen LogP contribution in [-0.4, -0.2) is 24.2 Å². The van der Waals surface area contributed by atoms with E-state index < -0.39 is 22.6 Å². The zero-order valence-corrected chi connectivity index (χ0v) is 16.6. The number of benzene rings is 2. The molecule has 0 aliphatic rings. The van der Waals surface area contributed by atoms with Crippen LogP contribution in [0.4, 0.5) is 20.2 Å². The lowest BCUT2D eigenvalue weighted by molar-refractivity contribution is 0.0262. The van der Waals surface area contributed by atoms with Crippen LogP contribution in [-0.2, 0) is 4.84 Å². The quantitative estimate of drug-likeness (QED) is 0.231. The van der Waals surface area contributed by atoms with Crippen molar-refractivity contribution in [3.05, 3.63) is 55.6 Å². The van der Waals surface area contributed by atoms with E-state index in [9.17, 15) is 13.6 Å². The minimum atomic E-state index is -1.27. The van der Waals surface area contributed by atoms with Gasteiger partial charge < -0.3 is 10.4 Å². The van der Waals surface area contributed by atoms with Crippen molar-refractivity contribution in [1.29, 1.82) is 0 Å². The van der Waals surface area contributed by atoms with Crippen LogP contribution < -0.4 is 10.8 Å². The van der Waals surface area contributed by atoms with Gasteiger partial charge in [-0.3, -0.25) is 9.63 Å². The highest BCUT2D eigenvalue weighted by atomic mass is 127. The fraction of sp³-hybridized carbons (Fsp3) is 0.235. The number of hydrogen-bond acceptors (Lipinski definition) is 4. The number of aryl methyl sites for hydroxylation is 1. The van der Waals surface area contributed by atoms with Crippen molar-refractivity contribution in [2.45, 2.75) is 13.3 Å². The van der Waals surface area contributed by atoms with E-state index in [2.05, 4.69) is 33.4 Å². The Hall–Kier alpha value is -1.49. The van der Waals surface area contributed by atoms with E-state index in [1.807, 2.05) is 6.07 Å². The maximum Gasteiger partial charge on any atom is 0.277 e. The standard InChI is InChI=1S/C17H16ClF2IN2O3/c1-9-7-10(21)3-4-13(9)22-16-11(8-12(18)14(19)15(16)20)17(25)23-26-6-2-5-24/h3-4,7-8,22,24H,2,5-6H2,1H3,(H,23,25). The maximum atomic E-state index is 14.4. The van der Waals surface area contributed by atoms with Crippen molar-refractivity contribution in [2.24, 2.45) is 0 Å². The molecule has 0 fully saturated rings. The summed E-state index contributed by atoms with van der Waals surface area (Å²) in [5, 5.41) is 10.9. The summed E-state index contributed by atoms with van der Waals surface area (Å²) in [7, 11) is 0. The maximum absolute atomic E-state index is 14.4. The Morgan fingerprint density at radius 1 is 1.31 bits per heavy atom. The highest BCUT2D eigenvalue weighted by Crippen LogP contribution is 2.32. The van der Waals surface area contributed by atoms with Crippen LogP contribution in [0.2, 0.25) is 5.02 Å². The molecule has 0 atom stereocenters. The van der Waals surface area contributed by atoms with Gasteiger partial charge in [-0.05, 0) is 65.8 Å². The third-order valence-corrected chi connectivity index (χ3v) is 4.37. The van der Waals surface area contributed by atoms with E-state index in [0.29, 0.717) is 12.1 Å². The molecule has 26 heavy (non-hydrogen) atoms. The van der Waals surface area contributed by atoms with E-state index in [1.54, 1.807) is 19.1 Å². The number of anilines is 2. The van der Waals surface area contributed by atoms with Crippen LogP contribution in [0.1, 0.15) is 22.3 Å². The second-order valence-electron chi connectivity index (χ2n) is 5.35. The van der Waals surface area contributed by atoms with E-state index in [-0.39, 0.29) is 24.5 Å². The summed E-state index contributed by atoms with van der Waals surface area (Å²) >= 11 is 7.81. The molecule has 1 amide bonds. The van der Waals surface area contributed by atoms with Crippen molar-refractivity contribution in [3.63, 3.8) is 0 Å².